The number of rotatable bonds is 6. The van der Waals surface area contributed by atoms with Crippen molar-refractivity contribution in [3.63, 3.8) is 0 Å². The second-order valence-corrected chi connectivity index (χ2v) is 6.41. The minimum absolute atomic E-state index is 0.00554. The molecule has 1 aliphatic rings. The van der Waals surface area contributed by atoms with Crippen LogP contribution in [0.25, 0.3) is 0 Å². The van der Waals surface area contributed by atoms with Gasteiger partial charge in [-0.15, -0.1) is 0 Å². The van der Waals surface area contributed by atoms with Crippen molar-refractivity contribution in [2.24, 2.45) is 0 Å². The van der Waals surface area contributed by atoms with Crippen molar-refractivity contribution in [1.82, 2.24) is 4.90 Å². The second-order valence-electron chi connectivity index (χ2n) is 6.41. The predicted molar refractivity (Wildman–Crippen MR) is 103 cm³/mol. The van der Waals surface area contributed by atoms with E-state index in [1.54, 1.807) is 12.1 Å². The molecule has 1 heterocycles. The molecule has 0 saturated carbocycles. The maximum Gasteiger partial charge on any atom is 0.293 e. The molecule has 0 atom stereocenters. The molecule has 7 heteroatoms. The van der Waals surface area contributed by atoms with Crippen LogP contribution in [0.15, 0.2) is 42.5 Å². The van der Waals surface area contributed by atoms with Crippen LogP contribution in [0.2, 0.25) is 0 Å². The van der Waals surface area contributed by atoms with E-state index in [0.29, 0.717) is 30.9 Å². The van der Waals surface area contributed by atoms with Gasteiger partial charge in [0.1, 0.15) is 11.4 Å². The molecule has 0 aliphatic carbocycles. The number of nitro groups is 1. The van der Waals surface area contributed by atoms with Gasteiger partial charge in [0.15, 0.2) is 0 Å². The topological polar surface area (TPSA) is 82.6 Å². The number of nitro benzene ring substituents is 1. The van der Waals surface area contributed by atoms with Crippen LogP contribution < -0.4 is 9.64 Å². The van der Waals surface area contributed by atoms with E-state index < -0.39 is 4.92 Å². The summed E-state index contributed by atoms with van der Waals surface area (Å²) in [5.74, 6) is 0.874. The number of ether oxygens (including phenoxy) is 1. The standard InChI is InChI=1S/C20H22N4O3/c1-2-27-18-6-3-16(4-7-18)15-22-9-11-23(12-10-22)19-8-5-17(14-21)13-20(19)24(25)26/h3-8,13H,2,9-12,15H2,1H3. The summed E-state index contributed by atoms with van der Waals surface area (Å²) in [6, 6.07) is 14.7. The molecule has 27 heavy (non-hydrogen) atoms. The summed E-state index contributed by atoms with van der Waals surface area (Å²) >= 11 is 0. The molecule has 1 aliphatic heterocycles. The highest BCUT2D eigenvalue weighted by Gasteiger charge is 2.24. The molecule has 0 bridgehead atoms. The monoisotopic (exact) mass is 366 g/mol. The zero-order valence-corrected chi connectivity index (χ0v) is 15.3. The largest absolute Gasteiger partial charge is 0.494 e. The minimum atomic E-state index is -0.414. The number of piperazine rings is 1. The fourth-order valence-corrected chi connectivity index (χ4v) is 3.27. The molecule has 140 valence electrons. The lowest BCUT2D eigenvalue weighted by Gasteiger charge is -2.35. The van der Waals surface area contributed by atoms with Gasteiger partial charge in [-0.1, -0.05) is 12.1 Å². The number of nitriles is 1. The van der Waals surface area contributed by atoms with Crippen LogP contribution in [0.1, 0.15) is 18.1 Å². The van der Waals surface area contributed by atoms with Crippen LogP contribution in [-0.2, 0) is 6.54 Å². The average molecular weight is 366 g/mol. The first-order chi connectivity index (χ1) is 13.1. The van der Waals surface area contributed by atoms with E-state index in [4.69, 9.17) is 10.00 Å². The quantitative estimate of drug-likeness (QED) is 0.577. The number of hydrogen-bond acceptors (Lipinski definition) is 6. The van der Waals surface area contributed by atoms with Crippen LogP contribution in [-0.4, -0.2) is 42.6 Å². The SMILES string of the molecule is CCOc1ccc(CN2CCN(c3ccc(C#N)cc3[N+](=O)[O-])CC2)cc1. The summed E-state index contributed by atoms with van der Waals surface area (Å²) in [5, 5.41) is 20.3. The van der Waals surface area contributed by atoms with E-state index in [9.17, 15) is 10.1 Å². The Morgan fingerprint density at radius 2 is 1.85 bits per heavy atom. The molecule has 7 nitrogen and oxygen atoms in total. The average Bonchev–Trinajstić information content (AvgIpc) is 2.70. The zero-order valence-electron chi connectivity index (χ0n) is 15.3. The van der Waals surface area contributed by atoms with E-state index in [1.807, 2.05) is 30.0 Å². The van der Waals surface area contributed by atoms with Crippen molar-refractivity contribution < 1.29 is 9.66 Å². The van der Waals surface area contributed by atoms with E-state index >= 15 is 0 Å². The van der Waals surface area contributed by atoms with Gasteiger partial charge in [0, 0.05) is 38.8 Å². The molecule has 1 fully saturated rings. The first-order valence-electron chi connectivity index (χ1n) is 8.98. The Labute approximate surface area is 158 Å². The maximum absolute atomic E-state index is 11.4. The summed E-state index contributed by atoms with van der Waals surface area (Å²) in [5.41, 5.74) is 2.10. The Morgan fingerprint density at radius 1 is 1.15 bits per heavy atom. The predicted octanol–water partition coefficient (Wildman–Crippen LogP) is 3.19. The summed E-state index contributed by atoms with van der Waals surface area (Å²) in [7, 11) is 0. The Bertz CT molecular complexity index is 837. The highest BCUT2D eigenvalue weighted by Crippen LogP contribution is 2.30. The Kier molecular flexibility index (Phi) is 5.89. The normalized spacial score (nSPS) is 14.6. The van der Waals surface area contributed by atoms with Gasteiger partial charge < -0.3 is 9.64 Å². The van der Waals surface area contributed by atoms with Crippen LogP contribution >= 0.6 is 0 Å². The Balaban J connectivity index is 1.62. The van der Waals surface area contributed by atoms with Crippen LogP contribution in [0.4, 0.5) is 11.4 Å². The van der Waals surface area contributed by atoms with Crippen molar-refractivity contribution in [1.29, 1.82) is 5.26 Å². The van der Waals surface area contributed by atoms with Gasteiger partial charge in [-0.05, 0) is 36.8 Å². The van der Waals surface area contributed by atoms with Gasteiger partial charge in [-0.25, -0.2) is 0 Å². The van der Waals surface area contributed by atoms with Crippen LogP contribution in [0.3, 0.4) is 0 Å². The molecule has 0 unspecified atom stereocenters. The summed E-state index contributed by atoms with van der Waals surface area (Å²) in [4.78, 5) is 15.3. The fourth-order valence-electron chi connectivity index (χ4n) is 3.27. The lowest BCUT2D eigenvalue weighted by Crippen LogP contribution is -2.46. The lowest BCUT2D eigenvalue weighted by molar-refractivity contribution is -0.384. The first-order valence-corrected chi connectivity index (χ1v) is 8.98. The van der Waals surface area contributed by atoms with Crippen molar-refractivity contribution in [3.8, 4) is 11.8 Å². The number of benzene rings is 2. The highest BCUT2D eigenvalue weighted by molar-refractivity contribution is 5.65. The summed E-state index contributed by atoms with van der Waals surface area (Å²) in [6.45, 7) is 6.53. The molecule has 0 spiro atoms. The van der Waals surface area contributed by atoms with Gasteiger partial charge in [0.2, 0.25) is 0 Å². The van der Waals surface area contributed by atoms with E-state index in [2.05, 4.69) is 17.0 Å². The number of hydrogen-bond donors (Lipinski definition) is 0. The van der Waals surface area contributed by atoms with Crippen molar-refractivity contribution >= 4 is 11.4 Å². The second kappa shape index (κ2) is 8.52. The molecule has 0 amide bonds. The van der Waals surface area contributed by atoms with E-state index in [0.717, 1.165) is 25.4 Å². The Morgan fingerprint density at radius 3 is 2.44 bits per heavy atom. The first kappa shape index (κ1) is 18.7. The van der Waals surface area contributed by atoms with E-state index in [1.165, 1.54) is 11.6 Å². The number of nitrogens with zero attached hydrogens (tertiary/aromatic N) is 4. The molecule has 2 aromatic rings. The maximum atomic E-state index is 11.4. The van der Waals surface area contributed by atoms with Crippen molar-refractivity contribution in [2.75, 3.05) is 37.7 Å². The van der Waals surface area contributed by atoms with Crippen LogP contribution in [0, 0.1) is 21.4 Å². The fraction of sp³-hybridized carbons (Fsp3) is 0.350. The third kappa shape index (κ3) is 4.54. The third-order valence-electron chi connectivity index (χ3n) is 4.65. The number of anilines is 1. The molecule has 0 N–H and O–H groups in total. The summed E-state index contributed by atoms with van der Waals surface area (Å²) in [6.07, 6.45) is 0. The smallest absolute Gasteiger partial charge is 0.293 e. The zero-order chi connectivity index (χ0) is 19.2. The molecule has 3 rings (SSSR count). The highest BCUT2D eigenvalue weighted by atomic mass is 16.6. The van der Waals surface area contributed by atoms with Gasteiger partial charge in [-0.2, -0.15) is 5.26 Å². The lowest BCUT2D eigenvalue weighted by atomic mass is 10.1. The van der Waals surface area contributed by atoms with Crippen LogP contribution in [0.5, 0.6) is 5.75 Å². The third-order valence-corrected chi connectivity index (χ3v) is 4.65. The minimum Gasteiger partial charge on any atom is -0.494 e. The van der Waals surface area contributed by atoms with Gasteiger partial charge in [0.05, 0.1) is 23.2 Å². The molecular formula is C20H22N4O3. The molecule has 1 saturated heterocycles. The molecule has 0 aromatic heterocycles. The van der Waals surface area contributed by atoms with Crippen molar-refractivity contribution in [2.45, 2.75) is 13.5 Å². The van der Waals surface area contributed by atoms with Gasteiger partial charge in [-0.3, -0.25) is 15.0 Å². The summed E-state index contributed by atoms with van der Waals surface area (Å²) < 4.78 is 5.47. The molecule has 0 radical (unpaired) electrons. The van der Waals surface area contributed by atoms with Gasteiger partial charge in [0.25, 0.3) is 5.69 Å². The van der Waals surface area contributed by atoms with Gasteiger partial charge >= 0.3 is 0 Å². The van der Waals surface area contributed by atoms with Crippen molar-refractivity contribution in [3.05, 3.63) is 63.7 Å². The molecule has 2 aromatic carbocycles. The molecular weight excluding hydrogens is 344 g/mol. The van der Waals surface area contributed by atoms with E-state index in [-0.39, 0.29) is 5.69 Å². The Hall–Kier alpha value is -3.11.